The Hall–Kier alpha value is -1.68. The molecule has 0 N–H and O–H groups in total. The minimum atomic E-state index is -0.232. The Morgan fingerprint density at radius 1 is 1.21 bits per heavy atom. The van der Waals surface area contributed by atoms with Gasteiger partial charge < -0.3 is 4.90 Å². The van der Waals surface area contributed by atoms with Crippen molar-refractivity contribution in [3.63, 3.8) is 0 Å². The maximum absolute atomic E-state index is 12.8. The van der Waals surface area contributed by atoms with Gasteiger partial charge in [-0.2, -0.15) is 0 Å². The van der Waals surface area contributed by atoms with Crippen LogP contribution >= 0.6 is 15.9 Å². The quantitative estimate of drug-likeness (QED) is 0.792. The second-order valence-corrected chi connectivity index (χ2v) is 5.16. The maximum atomic E-state index is 12.8. The molecule has 0 aliphatic carbocycles. The van der Waals surface area contributed by atoms with Crippen molar-refractivity contribution >= 4 is 27.9 Å². The number of carbonyl (C=O) groups is 1. The standard InChI is InChI=1S/C15H13BrFNO/c1-18(9-11-2-5-13(17)6-3-11)14-7-4-12(10-19)15(16)8-14/h2-8,10H,9H2,1H3. The fourth-order valence-electron chi connectivity index (χ4n) is 1.80. The van der Waals surface area contributed by atoms with Crippen LogP contribution in [0.2, 0.25) is 0 Å². The predicted octanol–water partition coefficient (Wildman–Crippen LogP) is 4.04. The van der Waals surface area contributed by atoms with Crippen LogP contribution in [-0.2, 0) is 6.54 Å². The summed E-state index contributed by atoms with van der Waals surface area (Å²) in [6.07, 6.45) is 0.813. The van der Waals surface area contributed by atoms with Crippen LogP contribution in [0.3, 0.4) is 0 Å². The Kier molecular flexibility index (Phi) is 4.32. The summed E-state index contributed by atoms with van der Waals surface area (Å²) in [7, 11) is 1.95. The van der Waals surface area contributed by atoms with Crippen molar-refractivity contribution in [1.82, 2.24) is 0 Å². The van der Waals surface area contributed by atoms with Gasteiger partial charge in [0.05, 0.1) is 0 Å². The zero-order valence-corrected chi connectivity index (χ0v) is 12.0. The van der Waals surface area contributed by atoms with Gasteiger partial charge in [0.1, 0.15) is 5.82 Å². The molecule has 0 saturated heterocycles. The fourth-order valence-corrected chi connectivity index (χ4v) is 2.26. The zero-order valence-electron chi connectivity index (χ0n) is 10.4. The molecule has 0 atom stereocenters. The summed E-state index contributed by atoms with van der Waals surface area (Å²) in [4.78, 5) is 12.8. The maximum Gasteiger partial charge on any atom is 0.151 e. The Balaban J connectivity index is 2.15. The number of anilines is 1. The van der Waals surface area contributed by atoms with E-state index in [0.717, 1.165) is 22.0 Å². The Bertz CT molecular complexity index is 583. The second-order valence-electron chi connectivity index (χ2n) is 4.31. The van der Waals surface area contributed by atoms with E-state index in [1.165, 1.54) is 12.1 Å². The Morgan fingerprint density at radius 3 is 2.47 bits per heavy atom. The number of rotatable bonds is 4. The van der Waals surface area contributed by atoms with Crippen LogP contribution in [0.4, 0.5) is 10.1 Å². The number of aldehydes is 1. The van der Waals surface area contributed by atoms with Crippen LogP contribution in [0.1, 0.15) is 15.9 Å². The van der Waals surface area contributed by atoms with E-state index < -0.39 is 0 Å². The number of nitrogens with zero attached hydrogens (tertiary/aromatic N) is 1. The van der Waals surface area contributed by atoms with E-state index in [0.29, 0.717) is 12.1 Å². The number of halogens is 2. The molecule has 0 bridgehead atoms. The van der Waals surface area contributed by atoms with Gasteiger partial charge in [-0.1, -0.05) is 12.1 Å². The molecule has 2 nitrogen and oxygen atoms in total. The number of hydrogen-bond donors (Lipinski definition) is 0. The largest absolute Gasteiger partial charge is 0.370 e. The average Bonchev–Trinajstić information content (AvgIpc) is 2.41. The Labute approximate surface area is 120 Å². The molecule has 4 heteroatoms. The molecule has 0 aliphatic rings. The van der Waals surface area contributed by atoms with Crippen LogP contribution < -0.4 is 4.90 Å². The van der Waals surface area contributed by atoms with Gasteiger partial charge in [0.15, 0.2) is 6.29 Å². The molecule has 0 radical (unpaired) electrons. The second kappa shape index (κ2) is 5.97. The minimum absolute atomic E-state index is 0.232. The van der Waals surface area contributed by atoms with Crippen molar-refractivity contribution in [3.05, 3.63) is 63.9 Å². The van der Waals surface area contributed by atoms with Crippen molar-refractivity contribution in [2.75, 3.05) is 11.9 Å². The third-order valence-corrected chi connectivity index (χ3v) is 3.57. The highest BCUT2D eigenvalue weighted by molar-refractivity contribution is 9.10. The first-order valence-electron chi connectivity index (χ1n) is 5.80. The molecule has 2 aromatic rings. The fraction of sp³-hybridized carbons (Fsp3) is 0.133. The Morgan fingerprint density at radius 2 is 1.89 bits per heavy atom. The lowest BCUT2D eigenvalue weighted by Crippen LogP contribution is -2.16. The molecule has 0 amide bonds. The van der Waals surface area contributed by atoms with Crippen LogP contribution in [0.15, 0.2) is 46.9 Å². The third-order valence-electron chi connectivity index (χ3n) is 2.88. The topological polar surface area (TPSA) is 20.3 Å². The predicted molar refractivity (Wildman–Crippen MR) is 78.0 cm³/mol. The van der Waals surface area contributed by atoms with E-state index in [1.54, 1.807) is 18.2 Å². The van der Waals surface area contributed by atoms with Crippen LogP contribution in [-0.4, -0.2) is 13.3 Å². The van der Waals surface area contributed by atoms with E-state index in [2.05, 4.69) is 15.9 Å². The van der Waals surface area contributed by atoms with E-state index in [4.69, 9.17) is 0 Å². The van der Waals surface area contributed by atoms with Gasteiger partial charge >= 0.3 is 0 Å². The summed E-state index contributed by atoms with van der Waals surface area (Å²) in [5.74, 6) is -0.232. The van der Waals surface area contributed by atoms with Gasteiger partial charge in [0.2, 0.25) is 0 Å². The number of benzene rings is 2. The highest BCUT2D eigenvalue weighted by atomic mass is 79.9. The van der Waals surface area contributed by atoms with Gasteiger partial charge in [0, 0.05) is 29.3 Å². The smallest absolute Gasteiger partial charge is 0.151 e. The highest BCUT2D eigenvalue weighted by Crippen LogP contribution is 2.23. The summed E-state index contributed by atoms with van der Waals surface area (Å²) in [6.45, 7) is 0.674. The molecular weight excluding hydrogens is 309 g/mol. The van der Waals surface area contributed by atoms with E-state index in [1.807, 2.05) is 24.1 Å². The number of carbonyl (C=O) groups excluding carboxylic acids is 1. The lowest BCUT2D eigenvalue weighted by Gasteiger charge is -2.20. The molecule has 2 rings (SSSR count). The molecule has 0 unspecified atom stereocenters. The molecule has 0 fully saturated rings. The van der Waals surface area contributed by atoms with Crippen molar-refractivity contribution in [3.8, 4) is 0 Å². The normalized spacial score (nSPS) is 10.3. The summed E-state index contributed by atoms with van der Waals surface area (Å²) < 4.78 is 13.6. The van der Waals surface area contributed by atoms with E-state index in [9.17, 15) is 9.18 Å². The average molecular weight is 322 g/mol. The SMILES string of the molecule is CN(Cc1ccc(F)cc1)c1ccc(C=O)c(Br)c1. The summed E-state index contributed by atoms with van der Waals surface area (Å²) in [6, 6.07) is 12.0. The van der Waals surface area contributed by atoms with Gasteiger partial charge in [-0.05, 0) is 51.8 Å². The molecule has 0 spiro atoms. The van der Waals surface area contributed by atoms with E-state index in [-0.39, 0.29) is 5.82 Å². The molecule has 2 aromatic carbocycles. The van der Waals surface area contributed by atoms with Gasteiger partial charge in [-0.15, -0.1) is 0 Å². The van der Waals surface area contributed by atoms with Crippen LogP contribution in [0.5, 0.6) is 0 Å². The summed E-state index contributed by atoms with van der Waals surface area (Å²) in [5, 5.41) is 0. The number of hydrogen-bond acceptors (Lipinski definition) is 2. The molecule has 0 heterocycles. The van der Waals surface area contributed by atoms with E-state index >= 15 is 0 Å². The first-order valence-corrected chi connectivity index (χ1v) is 6.60. The van der Waals surface area contributed by atoms with Crippen LogP contribution in [0, 0.1) is 5.82 Å². The molecule has 0 aliphatic heterocycles. The summed E-state index contributed by atoms with van der Waals surface area (Å²) in [5.41, 5.74) is 2.64. The van der Waals surface area contributed by atoms with Crippen LogP contribution in [0.25, 0.3) is 0 Å². The van der Waals surface area contributed by atoms with Gasteiger partial charge in [0.25, 0.3) is 0 Å². The highest BCUT2D eigenvalue weighted by Gasteiger charge is 2.05. The molecule has 19 heavy (non-hydrogen) atoms. The minimum Gasteiger partial charge on any atom is -0.370 e. The first-order chi connectivity index (χ1) is 9.10. The molecule has 0 saturated carbocycles. The molecule has 98 valence electrons. The van der Waals surface area contributed by atoms with Crippen molar-refractivity contribution in [2.45, 2.75) is 6.54 Å². The zero-order chi connectivity index (χ0) is 13.8. The lowest BCUT2D eigenvalue weighted by atomic mass is 10.2. The third kappa shape index (κ3) is 3.41. The molecular formula is C15H13BrFNO. The monoisotopic (exact) mass is 321 g/mol. The van der Waals surface area contributed by atoms with Gasteiger partial charge in [-0.3, -0.25) is 4.79 Å². The van der Waals surface area contributed by atoms with Gasteiger partial charge in [-0.25, -0.2) is 4.39 Å². The lowest BCUT2D eigenvalue weighted by molar-refractivity contribution is 0.112. The molecule has 0 aromatic heterocycles. The summed E-state index contributed by atoms with van der Waals surface area (Å²) >= 11 is 3.36. The van der Waals surface area contributed by atoms with Crippen molar-refractivity contribution in [2.24, 2.45) is 0 Å². The first kappa shape index (κ1) is 13.7. The van der Waals surface area contributed by atoms with Crippen molar-refractivity contribution < 1.29 is 9.18 Å². The van der Waals surface area contributed by atoms with Crippen molar-refractivity contribution in [1.29, 1.82) is 0 Å².